The van der Waals surface area contributed by atoms with E-state index >= 15 is 0 Å². The van der Waals surface area contributed by atoms with Gasteiger partial charge in [0.2, 0.25) is 5.91 Å². The van der Waals surface area contributed by atoms with Gasteiger partial charge in [0.15, 0.2) is 0 Å². The molecule has 2 aromatic rings. The number of benzene rings is 2. The van der Waals surface area contributed by atoms with Gasteiger partial charge in [0.25, 0.3) is 0 Å². The molecule has 2 aliphatic rings. The second kappa shape index (κ2) is 9.87. The average Bonchev–Trinajstić information content (AvgIpc) is 3.12. The Labute approximate surface area is 200 Å². The molecule has 4 rings (SSSR count). The molecule has 0 saturated heterocycles. The lowest BCUT2D eigenvalue weighted by atomic mass is 9.75. The molecule has 2 amide bonds. The van der Waals surface area contributed by atoms with Crippen molar-refractivity contribution in [2.75, 3.05) is 13.7 Å². The van der Waals surface area contributed by atoms with Gasteiger partial charge in [0.1, 0.15) is 18.2 Å². The zero-order valence-electron chi connectivity index (χ0n) is 19.8. The molecule has 0 spiro atoms. The number of fused-ring (bicyclic) bond motifs is 3. The third-order valence-electron chi connectivity index (χ3n) is 7.33. The van der Waals surface area contributed by atoms with Gasteiger partial charge in [0.05, 0.1) is 0 Å². The molecule has 2 aliphatic carbocycles. The molecule has 0 aliphatic heterocycles. The monoisotopic (exact) mass is 464 g/mol. The lowest BCUT2D eigenvalue weighted by molar-refractivity contribution is -0.165. The minimum atomic E-state index is -1.18. The second-order valence-electron chi connectivity index (χ2n) is 9.25. The summed E-state index contributed by atoms with van der Waals surface area (Å²) < 4.78 is 5.62. The molecule has 34 heavy (non-hydrogen) atoms. The molecule has 0 aromatic heterocycles. The van der Waals surface area contributed by atoms with Gasteiger partial charge in [-0.2, -0.15) is 0 Å². The fourth-order valence-corrected chi connectivity index (χ4v) is 5.10. The van der Waals surface area contributed by atoms with Crippen LogP contribution in [0.4, 0.5) is 4.79 Å². The van der Waals surface area contributed by atoms with Gasteiger partial charge < -0.3 is 20.1 Å². The van der Waals surface area contributed by atoms with Crippen molar-refractivity contribution in [2.45, 2.75) is 62.9 Å². The zero-order valence-corrected chi connectivity index (χ0v) is 19.8. The summed E-state index contributed by atoms with van der Waals surface area (Å²) in [5.74, 6) is -1.45. The van der Waals surface area contributed by atoms with Crippen LogP contribution < -0.4 is 5.32 Å². The molecule has 0 bridgehead atoms. The number of carboxylic acid groups (broad SMARTS) is 1. The molecule has 2 N–H and O–H groups in total. The van der Waals surface area contributed by atoms with Crippen molar-refractivity contribution in [3.05, 3.63) is 59.7 Å². The number of carbonyl (C=O) groups is 3. The minimum Gasteiger partial charge on any atom is -0.479 e. The van der Waals surface area contributed by atoms with Crippen molar-refractivity contribution in [1.29, 1.82) is 0 Å². The first-order valence-corrected chi connectivity index (χ1v) is 12.0. The highest BCUT2D eigenvalue weighted by Gasteiger charge is 2.50. The molecule has 1 atom stereocenters. The second-order valence-corrected chi connectivity index (χ2v) is 9.25. The number of alkyl carbamates (subject to hydrolysis) is 1. The van der Waals surface area contributed by atoms with Crippen LogP contribution in [0.15, 0.2) is 48.5 Å². The first-order valence-electron chi connectivity index (χ1n) is 12.0. The molecule has 1 fully saturated rings. The van der Waals surface area contributed by atoms with E-state index < -0.39 is 23.6 Å². The molecule has 7 heteroatoms. The Kier molecular flexibility index (Phi) is 6.91. The first kappa shape index (κ1) is 23.8. The van der Waals surface area contributed by atoms with Crippen LogP contribution in [-0.2, 0) is 14.3 Å². The van der Waals surface area contributed by atoms with Crippen LogP contribution in [-0.4, -0.2) is 53.2 Å². The highest BCUT2D eigenvalue weighted by Crippen LogP contribution is 2.44. The van der Waals surface area contributed by atoms with Crippen molar-refractivity contribution in [2.24, 2.45) is 0 Å². The Morgan fingerprint density at radius 3 is 2.18 bits per heavy atom. The van der Waals surface area contributed by atoms with Crippen LogP contribution in [0, 0.1) is 0 Å². The normalized spacial score (nSPS) is 16.5. The van der Waals surface area contributed by atoms with Gasteiger partial charge >= 0.3 is 12.1 Å². The Morgan fingerprint density at radius 2 is 1.68 bits per heavy atom. The van der Waals surface area contributed by atoms with E-state index in [9.17, 15) is 19.5 Å². The molecular formula is C27H32N2O5. The predicted molar refractivity (Wildman–Crippen MR) is 129 cm³/mol. The maximum absolute atomic E-state index is 13.2. The number of nitrogens with zero attached hydrogens (tertiary/aromatic N) is 1. The number of carboxylic acids is 1. The topological polar surface area (TPSA) is 95.9 Å². The van der Waals surface area contributed by atoms with Crippen LogP contribution >= 0.6 is 0 Å². The summed E-state index contributed by atoms with van der Waals surface area (Å²) in [5, 5.41) is 12.4. The van der Waals surface area contributed by atoms with E-state index in [1.165, 1.54) is 11.9 Å². The molecule has 7 nitrogen and oxygen atoms in total. The third kappa shape index (κ3) is 4.27. The van der Waals surface area contributed by atoms with Crippen molar-refractivity contribution >= 4 is 18.0 Å². The first-order chi connectivity index (χ1) is 16.4. The van der Waals surface area contributed by atoms with E-state index in [1.807, 2.05) is 43.3 Å². The summed E-state index contributed by atoms with van der Waals surface area (Å²) in [6, 6.07) is 15.4. The van der Waals surface area contributed by atoms with Gasteiger partial charge in [-0.1, -0.05) is 68.3 Å². The van der Waals surface area contributed by atoms with E-state index in [0.717, 1.165) is 41.5 Å². The summed E-state index contributed by atoms with van der Waals surface area (Å²) >= 11 is 0. The molecular weight excluding hydrogens is 432 g/mol. The lowest BCUT2D eigenvalue weighted by Crippen LogP contribution is -2.63. The van der Waals surface area contributed by atoms with E-state index in [4.69, 9.17) is 4.74 Å². The highest BCUT2D eigenvalue weighted by molar-refractivity contribution is 5.91. The summed E-state index contributed by atoms with van der Waals surface area (Å²) in [6.07, 6.45) is 2.97. The van der Waals surface area contributed by atoms with Gasteiger partial charge in [-0.25, -0.2) is 9.59 Å². The number of aliphatic carboxylic acids is 1. The summed E-state index contributed by atoms with van der Waals surface area (Å²) in [5.41, 5.74) is 3.34. The maximum atomic E-state index is 13.2. The number of amides is 2. The standard InChI is InChI=1S/C27H32N2O5/c1-3-4-14-23(24(30)29(2)27(25(31)32)15-9-16-27)28-26(33)34-17-22-20-12-7-5-10-18(20)19-11-6-8-13-21(19)22/h5-8,10-13,22-23H,3-4,9,14-17H2,1-2H3,(H,28,33)(H,31,32)/t23-/m0/s1. The Hall–Kier alpha value is -3.35. The zero-order chi connectivity index (χ0) is 24.3. The minimum absolute atomic E-state index is 0.0733. The summed E-state index contributed by atoms with van der Waals surface area (Å²) in [7, 11) is 1.52. The smallest absolute Gasteiger partial charge is 0.407 e. The largest absolute Gasteiger partial charge is 0.479 e. The molecule has 2 aromatic carbocycles. The Bertz CT molecular complexity index is 1030. The lowest BCUT2D eigenvalue weighted by Gasteiger charge is -2.45. The number of hydrogen-bond donors (Lipinski definition) is 2. The fourth-order valence-electron chi connectivity index (χ4n) is 5.10. The number of carbonyl (C=O) groups excluding carboxylic acids is 2. The summed E-state index contributed by atoms with van der Waals surface area (Å²) in [6.45, 7) is 2.16. The van der Waals surface area contributed by atoms with Crippen LogP contribution in [0.3, 0.4) is 0 Å². The maximum Gasteiger partial charge on any atom is 0.407 e. The van der Waals surface area contributed by atoms with Crippen LogP contribution in [0.5, 0.6) is 0 Å². The molecule has 180 valence electrons. The van der Waals surface area contributed by atoms with E-state index in [2.05, 4.69) is 17.4 Å². The fraction of sp³-hybridized carbons (Fsp3) is 0.444. The molecule has 1 saturated carbocycles. The number of rotatable bonds is 9. The molecule has 0 heterocycles. The van der Waals surface area contributed by atoms with Crippen molar-refractivity contribution < 1.29 is 24.2 Å². The number of likely N-dealkylation sites (N-methyl/N-ethyl adjacent to an activating group) is 1. The molecule has 0 unspecified atom stereocenters. The van der Waals surface area contributed by atoms with Gasteiger partial charge in [-0.05, 0) is 47.9 Å². The highest BCUT2D eigenvalue weighted by atomic mass is 16.5. The summed E-state index contributed by atoms with van der Waals surface area (Å²) in [4.78, 5) is 39.1. The number of hydrogen-bond acceptors (Lipinski definition) is 4. The van der Waals surface area contributed by atoms with E-state index in [-0.39, 0.29) is 18.4 Å². The van der Waals surface area contributed by atoms with Crippen molar-refractivity contribution in [3.8, 4) is 11.1 Å². The number of nitrogens with one attached hydrogen (secondary N) is 1. The quantitative estimate of drug-likeness (QED) is 0.568. The van der Waals surface area contributed by atoms with Gasteiger partial charge in [0, 0.05) is 13.0 Å². The Morgan fingerprint density at radius 1 is 1.09 bits per heavy atom. The Balaban J connectivity index is 1.44. The third-order valence-corrected chi connectivity index (χ3v) is 7.33. The SMILES string of the molecule is CCCC[C@H](NC(=O)OCC1c2ccccc2-c2ccccc21)C(=O)N(C)C1(C(=O)O)CCC1. The van der Waals surface area contributed by atoms with Crippen molar-refractivity contribution in [3.63, 3.8) is 0 Å². The van der Waals surface area contributed by atoms with Gasteiger partial charge in [-0.3, -0.25) is 4.79 Å². The van der Waals surface area contributed by atoms with E-state index in [1.54, 1.807) is 0 Å². The van der Waals surface area contributed by atoms with Crippen LogP contribution in [0.2, 0.25) is 0 Å². The number of unbranched alkanes of at least 4 members (excludes halogenated alkanes) is 1. The van der Waals surface area contributed by atoms with Crippen LogP contribution in [0.25, 0.3) is 11.1 Å². The van der Waals surface area contributed by atoms with E-state index in [0.29, 0.717) is 19.3 Å². The van der Waals surface area contributed by atoms with Crippen LogP contribution in [0.1, 0.15) is 62.5 Å². The number of ether oxygens (including phenoxy) is 1. The van der Waals surface area contributed by atoms with Gasteiger partial charge in [-0.15, -0.1) is 0 Å². The predicted octanol–water partition coefficient (Wildman–Crippen LogP) is 4.55. The molecule has 0 radical (unpaired) electrons. The van der Waals surface area contributed by atoms with Crippen molar-refractivity contribution in [1.82, 2.24) is 10.2 Å². The average molecular weight is 465 g/mol.